The molecule has 0 atom stereocenters. The monoisotopic (exact) mass is 513 g/mol. The van der Waals surface area contributed by atoms with Crippen molar-refractivity contribution in [3.8, 4) is 22.0 Å². The SMILES string of the molecule is Cc1cc(-c2n[nH]c(-c3ncc(C4CCN(CCS(C)(=O)=O)CC4)s3)c2C(C)C)cn2ncnc12. The second-order valence-electron chi connectivity index (χ2n) is 9.77. The van der Waals surface area contributed by atoms with Crippen molar-refractivity contribution >= 4 is 26.8 Å². The van der Waals surface area contributed by atoms with Crippen LogP contribution in [0.25, 0.3) is 27.6 Å². The van der Waals surface area contributed by atoms with Crippen LogP contribution >= 0.6 is 11.3 Å². The molecular formula is C24H31N7O2S2. The third-order valence-corrected chi connectivity index (χ3v) is 8.82. The summed E-state index contributed by atoms with van der Waals surface area (Å²) in [7, 11) is -2.92. The van der Waals surface area contributed by atoms with Crippen LogP contribution in [0.3, 0.4) is 0 Å². The third-order valence-electron chi connectivity index (χ3n) is 6.72. The molecule has 5 rings (SSSR count). The van der Waals surface area contributed by atoms with Gasteiger partial charge in [0.2, 0.25) is 0 Å². The number of piperidine rings is 1. The van der Waals surface area contributed by atoms with Crippen molar-refractivity contribution in [3.05, 3.63) is 40.8 Å². The first-order valence-electron chi connectivity index (χ1n) is 11.9. The molecule has 4 aromatic heterocycles. The topological polar surface area (TPSA) is 109 Å². The zero-order chi connectivity index (χ0) is 24.7. The third kappa shape index (κ3) is 5.03. The van der Waals surface area contributed by atoms with Crippen LogP contribution < -0.4 is 0 Å². The van der Waals surface area contributed by atoms with Crippen LogP contribution in [0.15, 0.2) is 24.8 Å². The molecular weight excluding hydrogens is 482 g/mol. The molecule has 0 unspecified atom stereocenters. The number of aromatic amines is 1. The van der Waals surface area contributed by atoms with Crippen molar-refractivity contribution < 1.29 is 8.42 Å². The highest BCUT2D eigenvalue weighted by Gasteiger charge is 2.26. The Kier molecular flexibility index (Phi) is 6.49. The number of H-pyrrole nitrogens is 1. The lowest BCUT2D eigenvalue weighted by Gasteiger charge is -2.31. The van der Waals surface area contributed by atoms with E-state index in [0.29, 0.717) is 12.5 Å². The molecule has 35 heavy (non-hydrogen) atoms. The number of fused-ring (bicyclic) bond motifs is 1. The summed E-state index contributed by atoms with van der Waals surface area (Å²) in [6, 6.07) is 2.11. The van der Waals surface area contributed by atoms with Crippen molar-refractivity contribution in [1.82, 2.24) is 34.7 Å². The number of aromatic nitrogens is 6. The van der Waals surface area contributed by atoms with E-state index in [9.17, 15) is 8.42 Å². The molecule has 0 aromatic carbocycles. The van der Waals surface area contributed by atoms with Gasteiger partial charge < -0.3 is 4.90 Å². The molecule has 1 N–H and O–H groups in total. The fourth-order valence-corrected chi connectivity index (χ4v) is 6.53. The summed E-state index contributed by atoms with van der Waals surface area (Å²) < 4.78 is 24.8. The van der Waals surface area contributed by atoms with Crippen molar-refractivity contribution in [2.45, 2.75) is 45.4 Å². The average Bonchev–Trinajstić information content (AvgIpc) is 3.56. The molecule has 0 amide bonds. The summed E-state index contributed by atoms with van der Waals surface area (Å²) in [5.74, 6) is 0.945. The Bertz CT molecular complexity index is 1440. The van der Waals surface area contributed by atoms with Gasteiger partial charge in [-0.25, -0.2) is 22.9 Å². The summed E-state index contributed by atoms with van der Waals surface area (Å²) in [6.07, 6.45) is 8.90. The zero-order valence-corrected chi connectivity index (χ0v) is 22.2. The van der Waals surface area contributed by atoms with E-state index >= 15 is 0 Å². The summed E-state index contributed by atoms with van der Waals surface area (Å²) in [6.45, 7) is 8.86. The van der Waals surface area contributed by atoms with E-state index in [1.54, 1.807) is 22.2 Å². The number of nitrogens with zero attached hydrogens (tertiary/aromatic N) is 6. The van der Waals surface area contributed by atoms with Crippen LogP contribution in [-0.2, 0) is 9.84 Å². The van der Waals surface area contributed by atoms with E-state index in [2.05, 4.69) is 40.0 Å². The van der Waals surface area contributed by atoms with Gasteiger partial charge in [-0.05, 0) is 56.3 Å². The molecule has 0 aliphatic carbocycles. The Labute approximate surface area is 209 Å². The Morgan fingerprint density at radius 3 is 2.71 bits per heavy atom. The molecule has 1 aliphatic rings. The average molecular weight is 514 g/mol. The number of pyridine rings is 1. The smallest absolute Gasteiger partial charge is 0.158 e. The number of thiazole rings is 1. The van der Waals surface area contributed by atoms with Gasteiger partial charge in [0, 0.05) is 41.2 Å². The summed E-state index contributed by atoms with van der Waals surface area (Å²) in [4.78, 5) is 12.6. The molecule has 5 heterocycles. The molecule has 1 fully saturated rings. The van der Waals surface area contributed by atoms with Gasteiger partial charge in [-0.3, -0.25) is 5.10 Å². The van der Waals surface area contributed by atoms with E-state index in [1.807, 2.05) is 19.3 Å². The van der Waals surface area contributed by atoms with Gasteiger partial charge in [0.1, 0.15) is 21.2 Å². The van der Waals surface area contributed by atoms with Crippen LogP contribution in [0.2, 0.25) is 0 Å². The molecule has 1 aliphatic heterocycles. The Balaban J connectivity index is 1.37. The normalized spacial score (nSPS) is 16.0. The fraction of sp³-hybridized carbons (Fsp3) is 0.500. The van der Waals surface area contributed by atoms with Crippen LogP contribution in [0.1, 0.15) is 54.5 Å². The zero-order valence-electron chi connectivity index (χ0n) is 20.5. The van der Waals surface area contributed by atoms with E-state index in [1.165, 1.54) is 11.1 Å². The Morgan fingerprint density at radius 2 is 2.00 bits per heavy atom. The molecule has 11 heteroatoms. The highest BCUT2D eigenvalue weighted by molar-refractivity contribution is 7.90. The van der Waals surface area contributed by atoms with Crippen molar-refractivity contribution in [2.75, 3.05) is 31.6 Å². The largest absolute Gasteiger partial charge is 0.302 e. The standard InChI is InChI=1S/C24H31N7O2S2/c1-15(2)20-21(18-11-16(3)23-26-14-27-31(23)13-18)28-29-22(20)24-25-12-19(34-24)17-5-7-30(8-6-17)9-10-35(4,32)33/h11-15,17H,5-10H2,1-4H3,(H,28,29). The molecule has 0 bridgehead atoms. The predicted molar refractivity (Wildman–Crippen MR) is 139 cm³/mol. The van der Waals surface area contributed by atoms with E-state index in [4.69, 9.17) is 10.1 Å². The van der Waals surface area contributed by atoms with Gasteiger partial charge in [0.15, 0.2) is 5.65 Å². The lowest BCUT2D eigenvalue weighted by atomic mass is 9.96. The van der Waals surface area contributed by atoms with Gasteiger partial charge in [-0.2, -0.15) is 10.2 Å². The lowest BCUT2D eigenvalue weighted by molar-refractivity contribution is 0.224. The minimum atomic E-state index is -2.92. The summed E-state index contributed by atoms with van der Waals surface area (Å²) >= 11 is 1.73. The maximum atomic E-state index is 11.5. The van der Waals surface area contributed by atoms with Crippen molar-refractivity contribution in [2.24, 2.45) is 0 Å². The first kappa shape index (κ1) is 24.1. The van der Waals surface area contributed by atoms with Crippen LogP contribution in [-0.4, -0.2) is 74.7 Å². The van der Waals surface area contributed by atoms with Crippen molar-refractivity contribution in [1.29, 1.82) is 0 Å². The molecule has 0 radical (unpaired) electrons. The number of likely N-dealkylation sites (tertiary alicyclic amines) is 1. The minimum Gasteiger partial charge on any atom is -0.302 e. The maximum absolute atomic E-state index is 11.5. The second-order valence-corrected chi connectivity index (χ2v) is 13.1. The quantitative estimate of drug-likeness (QED) is 0.399. The molecule has 1 saturated heterocycles. The van der Waals surface area contributed by atoms with Crippen LogP contribution in [0.4, 0.5) is 0 Å². The molecule has 9 nitrogen and oxygen atoms in total. The highest BCUT2D eigenvalue weighted by Crippen LogP contribution is 2.40. The summed E-state index contributed by atoms with van der Waals surface area (Å²) in [5.41, 5.74) is 5.96. The van der Waals surface area contributed by atoms with Crippen LogP contribution in [0, 0.1) is 6.92 Å². The number of rotatable bonds is 7. The number of nitrogens with one attached hydrogen (secondary N) is 1. The Hall–Kier alpha value is -2.63. The van der Waals surface area contributed by atoms with Gasteiger partial charge in [-0.15, -0.1) is 11.3 Å². The van der Waals surface area contributed by atoms with Gasteiger partial charge in [0.25, 0.3) is 0 Å². The van der Waals surface area contributed by atoms with E-state index in [-0.39, 0.29) is 11.7 Å². The van der Waals surface area contributed by atoms with Gasteiger partial charge >= 0.3 is 0 Å². The van der Waals surface area contributed by atoms with Gasteiger partial charge in [0.05, 0.1) is 17.1 Å². The maximum Gasteiger partial charge on any atom is 0.158 e. The second kappa shape index (κ2) is 9.44. The number of aryl methyl sites for hydroxylation is 1. The fourth-order valence-electron chi connectivity index (χ4n) is 4.85. The number of hydrogen-bond donors (Lipinski definition) is 1. The molecule has 0 spiro atoms. The van der Waals surface area contributed by atoms with Crippen LogP contribution in [0.5, 0.6) is 0 Å². The van der Waals surface area contributed by atoms with Gasteiger partial charge in [-0.1, -0.05) is 13.8 Å². The predicted octanol–water partition coefficient (Wildman–Crippen LogP) is 3.90. The lowest BCUT2D eigenvalue weighted by Crippen LogP contribution is -2.36. The minimum absolute atomic E-state index is 0.228. The van der Waals surface area contributed by atoms with Crippen molar-refractivity contribution in [3.63, 3.8) is 0 Å². The molecule has 4 aromatic rings. The first-order chi connectivity index (χ1) is 16.7. The first-order valence-corrected chi connectivity index (χ1v) is 14.8. The summed E-state index contributed by atoms with van der Waals surface area (Å²) in [5, 5.41) is 13.3. The Morgan fingerprint density at radius 1 is 1.23 bits per heavy atom. The number of sulfone groups is 1. The highest BCUT2D eigenvalue weighted by atomic mass is 32.2. The molecule has 186 valence electrons. The van der Waals surface area contributed by atoms with E-state index < -0.39 is 9.84 Å². The van der Waals surface area contributed by atoms with E-state index in [0.717, 1.165) is 64.7 Å². The molecule has 0 saturated carbocycles. The number of hydrogen-bond acceptors (Lipinski definition) is 8.